The molecule has 1 aliphatic heterocycles. The topological polar surface area (TPSA) is 108 Å². The number of nitrogens with zero attached hydrogens (tertiary/aromatic N) is 2. The molecule has 0 spiro atoms. The quantitative estimate of drug-likeness (QED) is 0.164. The van der Waals surface area contributed by atoms with Crippen molar-refractivity contribution in [3.8, 4) is 5.75 Å². The molecule has 0 aliphatic carbocycles. The molecule has 4 rings (SSSR count). The van der Waals surface area contributed by atoms with Gasteiger partial charge in [-0.15, -0.1) is 0 Å². The zero-order valence-electron chi connectivity index (χ0n) is 16.2. The van der Waals surface area contributed by atoms with Crippen molar-refractivity contribution in [1.29, 1.82) is 0 Å². The molecule has 9 heteroatoms. The van der Waals surface area contributed by atoms with Gasteiger partial charge in [-0.05, 0) is 54.1 Å². The third-order valence-corrected chi connectivity index (χ3v) is 4.89. The first-order valence-electron chi connectivity index (χ1n) is 9.24. The summed E-state index contributed by atoms with van der Waals surface area (Å²) in [6.07, 6.45) is 1.56. The lowest BCUT2D eigenvalue weighted by Gasteiger charge is -2.04. The predicted octanol–water partition coefficient (Wildman–Crippen LogP) is 4.92. The summed E-state index contributed by atoms with van der Waals surface area (Å²) in [5, 5.41) is 10.7. The van der Waals surface area contributed by atoms with E-state index in [0.717, 1.165) is 4.47 Å². The maximum absolute atomic E-state index is 12.2. The summed E-state index contributed by atoms with van der Waals surface area (Å²) in [6.45, 7) is 0. The van der Waals surface area contributed by atoms with Crippen molar-refractivity contribution < 1.29 is 24.0 Å². The minimum absolute atomic E-state index is 0.116. The van der Waals surface area contributed by atoms with Crippen molar-refractivity contribution in [1.82, 2.24) is 0 Å². The number of hydrogen-bond acceptors (Lipinski definition) is 7. The largest absolute Gasteiger partial charge is 0.423 e. The van der Waals surface area contributed by atoms with Crippen molar-refractivity contribution in [3.63, 3.8) is 0 Å². The Kier molecular flexibility index (Phi) is 5.91. The SMILES string of the molecule is O=C1OC(c2cccc(Br)c2)=N/C1=C\c1ccc(OC(=O)c2ccc([N+](=O)[O-])cc2)cc1. The van der Waals surface area contributed by atoms with Crippen molar-refractivity contribution >= 4 is 45.5 Å². The van der Waals surface area contributed by atoms with Crippen LogP contribution in [-0.4, -0.2) is 22.8 Å². The molecular formula is C23H13BrN2O6. The molecule has 0 radical (unpaired) electrons. The van der Waals surface area contributed by atoms with Crippen molar-refractivity contribution in [2.24, 2.45) is 4.99 Å². The van der Waals surface area contributed by atoms with Gasteiger partial charge in [-0.3, -0.25) is 10.1 Å². The van der Waals surface area contributed by atoms with E-state index < -0.39 is 16.9 Å². The maximum atomic E-state index is 12.2. The third-order valence-electron chi connectivity index (χ3n) is 4.40. The summed E-state index contributed by atoms with van der Waals surface area (Å²) in [5.74, 6) is -0.707. The Morgan fingerprint density at radius 1 is 1.06 bits per heavy atom. The highest BCUT2D eigenvalue weighted by atomic mass is 79.9. The van der Waals surface area contributed by atoms with Crippen LogP contribution in [0, 0.1) is 10.1 Å². The molecule has 0 amide bonds. The van der Waals surface area contributed by atoms with Gasteiger partial charge >= 0.3 is 11.9 Å². The summed E-state index contributed by atoms with van der Waals surface area (Å²) in [4.78, 5) is 38.8. The predicted molar refractivity (Wildman–Crippen MR) is 119 cm³/mol. The minimum atomic E-state index is -0.645. The van der Waals surface area contributed by atoms with Crippen molar-refractivity contribution in [2.45, 2.75) is 0 Å². The fourth-order valence-corrected chi connectivity index (χ4v) is 3.23. The van der Waals surface area contributed by atoms with Gasteiger partial charge < -0.3 is 9.47 Å². The number of nitro benzene ring substituents is 1. The van der Waals surface area contributed by atoms with Crippen LogP contribution >= 0.6 is 15.9 Å². The number of aliphatic imine (C=N–C) groups is 1. The van der Waals surface area contributed by atoms with Crippen LogP contribution in [0.3, 0.4) is 0 Å². The molecule has 0 saturated heterocycles. The number of cyclic esters (lactones) is 1. The number of hydrogen-bond donors (Lipinski definition) is 0. The molecule has 0 N–H and O–H groups in total. The van der Waals surface area contributed by atoms with Gasteiger partial charge in [0.25, 0.3) is 5.69 Å². The Morgan fingerprint density at radius 3 is 2.44 bits per heavy atom. The second-order valence-corrected chi connectivity index (χ2v) is 7.52. The highest BCUT2D eigenvalue weighted by molar-refractivity contribution is 9.10. The van der Waals surface area contributed by atoms with Gasteiger partial charge in [0.2, 0.25) is 5.90 Å². The van der Waals surface area contributed by atoms with Crippen molar-refractivity contribution in [2.75, 3.05) is 0 Å². The minimum Gasteiger partial charge on any atom is -0.423 e. The first-order chi connectivity index (χ1) is 15.4. The number of halogens is 1. The summed E-state index contributed by atoms with van der Waals surface area (Å²) < 4.78 is 11.4. The summed E-state index contributed by atoms with van der Waals surface area (Å²) in [6, 6.07) is 18.8. The van der Waals surface area contributed by atoms with E-state index in [4.69, 9.17) is 9.47 Å². The Hall–Kier alpha value is -4.11. The molecule has 0 fully saturated rings. The number of rotatable bonds is 5. The number of esters is 2. The Labute approximate surface area is 190 Å². The first kappa shape index (κ1) is 21.1. The molecule has 1 heterocycles. The molecule has 3 aromatic carbocycles. The second-order valence-electron chi connectivity index (χ2n) is 6.61. The van der Waals surface area contributed by atoms with E-state index in [1.54, 1.807) is 42.5 Å². The van der Waals surface area contributed by atoms with Crippen molar-refractivity contribution in [3.05, 3.63) is 110 Å². The van der Waals surface area contributed by atoms with Crippen LogP contribution in [0.25, 0.3) is 6.08 Å². The lowest BCUT2D eigenvalue weighted by molar-refractivity contribution is -0.384. The number of benzene rings is 3. The van der Waals surface area contributed by atoms with Crippen LogP contribution in [0.2, 0.25) is 0 Å². The van der Waals surface area contributed by atoms with Gasteiger partial charge in [0.05, 0.1) is 10.5 Å². The van der Waals surface area contributed by atoms with E-state index in [1.807, 2.05) is 12.1 Å². The van der Waals surface area contributed by atoms with Crippen LogP contribution in [0.4, 0.5) is 5.69 Å². The van der Waals surface area contributed by atoms with Gasteiger partial charge in [-0.1, -0.05) is 34.1 Å². The summed E-state index contributed by atoms with van der Waals surface area (Å²) in [5.41, 5.74) is 1.55. The average molecular weight is 493 g/mol. The lowest BCUT2D eigenvalue weighted by atomic mass is 10.2. The third kappa shape index (κ3) is 4.79. The number of nitro groups is 1. The normalized spacial score (nSPS) is 14.1. The summed E-state index contributed by atoms with van der Waals surface area (Å²) >= 11 is 3.37. The fourth-order valence-electron chi connectivity index (χ4n) is 2.83. The summed E-state index contributed by atoms with van der Waals surface area (Å²) in [7, 11) is 0. The van der Waals surface area contributed by atoms with Crippen LogP contribution in [0.15, 0.2) is 88.0 Å². The molecule has 0 unspecified atom stereocenters. The molecular weight excluding hydrogens is 480 g/mol. The molecule has 0 atom stereocenters. The molecule has 1 aliphatic rings. The first-order valence-corrected chi connectivity index (χ1v) is 10.0. The zero-order valence-corrected chi connectivity index (χ0v) is 17.8. The van der Waals surface area contributed by atoms with Crippen LogP contribution in [0.5, 0.6) is 5.75 Å². The van der Waals surface area contributed by atoms with Gasteiger partial charge in [0.1, 0.15) is 5.75 Å². The molecule has 0 saturated carbocycles. The standard InChI is InChI=1S/C23H13BrN2O6/c24-17-3-1-2-16(13-17)21-25-20(23(28)32-21)12-14-4-10-19(11-5-14)31-22(27)15-6-8-18(9-7-15)26(29)30/h1-13H/b20-12-. The molecule has 3 aromatic rings. The molecule has 0 aromatic heterocycles. The maximum Gasteiger partial charge on any atom is 0.363 e. The van der Waals surface area contributed by atoms with E-state index in [9.17, 15) is 19.7 Å². The van der Waals surface area contributed by atoms with E-state index in [0.29, 0.717) is 11.1 Å². The van der Waals surface area contributed by atoms with Gasteiger partial charge in [0, 0.05) is 22.2 Å². The fraction of sp³-hybridized carbons (Fsp3) is 0. The molecule has 8 nitrogen and oxygen atoms in total. The van der Waals surface area contributed by atoms with Crippen LogP contribution in [-0.2, 0) is 9.53 Å². The van der Waals surface area contributed by atoms with Gasteiger partial charge in [-0.25, -0.2) is 14.6 Å². The number of carbonyl (C=O) groups is 2. The Balaban J connectivity index is 1.46. The van der Waals surface area contributed by atoms with E-state index in [-0.39, 0.29) is 28.6 Å². The zero-order chi connectivity index (χ0) is 22.7. The van der Waals surface area contributed by atoms with E-state index in [2.05, 4.69) is 20.9 Å². The average Bonchev–Trinajstić information content (AvgIpc) is 3.15. The Morgan fingerprint density at radius 2 is 1.78 bits per heavy atom. The van der Waals surface area contributed by atoms with Gasteiger partial charge in [0.15, 0.2) is 5.70 Å². The lowest BCUT2D eigenvalue weighted by Crippen LogP contribution is -2.08. The second kappa shape index (κ2) is 8.94. The molecule has 32 heavy (non-hydrogen) atoms. The molecule has 0 bridgehead atoms. The van der Waals surface area contributed by atoms with Crippen LogP contribution in [0.1, 0.15) is 21.5 Å². The highest BCUT2D eigenvalue weighted by Gasteiger charge is 2.24. The smallest absolute Gasteiger partial charge is 0.363 e. The Bertz CT molecular complexity index is 1280. The van der Waals surface area contributed by atoms with Gasteiger partial charge in [-0.2, -0.15) is 0 Å². The highest BCUT2D eigenvalue weighted by Crippen LogP contribution is 2.22. The van der Waals surface area contributed by atoms with E-state index >= 15 is 0 Å². The number of non-ortho nitro benzene ring substituents is 1. The molecule has 158 valence electrons. The monoisotopic (exact) mass is 492 g/mol. The number of ether oxygens (including phenoxy) is 2. The van der Waals surface area contributed by atoms with E-state index in [1.165, 1.54) is 24.3 Å². The van der Waals surface area contributed by atoms with Crippen LogP contribution < -0.4 is 4.74 Å². The number of carbonyl (C=O) groups excluding carboxylic acids is 2.